The molecule has 1 heterocycles. The summed E-state index contributed by atoms with van der Waals surface area (Å²) in [5.74, 6) is 0.326. The summed E-state index contributed by atoms with van der Waals surface area (Å²) in [6.07, 6.45) is 0.161. The Morgan fingerprint density at radius 1 is 1.41 bits per heavy atom. The van der Waals surface area contributed by atoms with Crippen LogP contribution in [-0.4, -0.2) is 9.55 Å². The highest BCUT2D eigenvalue weighted by Gasteiger charge is 2.13. The summed E-state index contributed by atoms with van der Waals surface area (Å²) in [5, 5.41) is 9.08. The van der Waals surface area contributed by atoms with Gasteiger partial charge in [-0.3, -0.25) is 0 Å². The van der Waals surface area contributed by atoms with Crippen molar-refractivity contribution in [2.45, 2.75) is 6.42 Å². The molecule has 0 spiro atoms. The van der Waals surface area contributed by atoms with Crippen LogP contribution in [0.3, 0.4) is 0 Å². The van der Waals surface area contributed by atoms with E-state index >= 15 is 0 Å². The van der Waals surface area contributed by atoms with Crippen LogP contribution >= 0.6 is 11.6 Å². The Morgan fingerprint density at radius 2 is 2.06 bits per heavy atom. The first-order chi connectivity index (χ1) is 8.13. The monoisotopic (exact) mass is 249 g/mol. The summed E-state index contributed by atoms with van der Waals surface area (Å²) in [5.41, 5.74) is 1.30. The fourth-order valence-corrected chi connectivity index (χ4v) is 1.77. The molecule has 2 aromatic rings. The van der Waals surface area contributed by atoms with Crippen molar-refractivity contribution in [1.29, 1.82) is 5.26 Å². The fraction of sp³-hybridized carbons (Fsp3) is 0.167. The van der Waals surface area contributed by atoms with Gasteiger partial charge in [-0.15, -0.1) is 0 Å². The minimum atomic E-state index is -0.300. The summed E-state index contributed by atoms with van der Waals surface area (Å²) in [6.45, 7) is 0. The maximum atomic E-state index is 12.8. The Balaban J connectivity index is 2.49. The molecule has 5 heteroatoms. The van der Waals surface area contributed by atoms with Crippen molar-refractivity contribution < 1.29 is 4.39 Å². The molecule has 1 aromatic carbocycles. The number of hydrogen-bond donors (Lipinski definition) is 0. The van der Waals surface area contributed by atoms with Gasteiger partial charge in [-0.25, -0.2) is 9.37 Å². The Hall–Kier alpha value is -1.86. The molecular formula is C12H9ClFN3. The van der Waals surface area contributed by atoms with Gasteiger partial charge in [0.05, 0.1) is 18.2 Å². The molecule has 0 aliphatic rings. The minimum absolute atomic E-state index is 0.161. The summed E-state index contributed by atoms with van der Waals surface area (Å²) in [7, 11) is 1.76. The van der Waals surface area contributed by atoms with Gasteiger partial charge < -0.3 is 4.57 Å². The summed E-state index contributed by atoms with van der Waals surface area (Å²) < 4.78 is 14.5. The topological polar surface area (TPSA) is 41.6 Å². The molecule has 0 saturated carbocycles. The smallest absolute Gasteiger partial charge is 0.141 e. The van der Waals surface area contributed by atoms with Crippen molar-refractivity contribution in [2.24, 2.45) is 7.05 Å². The van der Waals surface area contributed by atoms with Gasteiger partial charge in [0.2, 0.25) is 0 Å². The van der Waals surface area contributed by atoms with Crippen LogP contribution in [0.15, 0.2) is 24.3 Å². The number of nitriles is 1. The van der Waals surface area contributed by atoms with E-state index in [9.17, 15) is 4.39 Å². The van der Waals surface area contributed by atoms with Crippen LogP contribution in [-0.2, 0) is 13.5 Å². The van der Waals surface area contributed by atoms with E-state index in [4.69, 9.17) is 16.9 Å². The molecule has 86 valence electrons. The standard InChI is InChI=1S/C12H9ClFN3/c1-17-11(13)10(6-7-15)16-12(17)8-2-4-9(14)5-3-8/h2-5H,6H2,1H3. The lowest BCUT2D eigenvalue weighted by Gasteiger charge is -2.01. The number of benzene rings is 1. The lowest BCUT2D eigenvalue weighted by molar-refractivity contribution is 0.628. The van der Waals surface area contributed by atoms with Crippen LogP contribution in [0.5, 0.6) is 0 Å². The highest BCUT2D eigenvalue weighted by molar-refractivity contribution is 6.30. The van der Waals surface area contributed by atoms with E-state index in [0.29, 0.717) is 16.7 Å². The first-order valence-corrected chi connectivity index (χ1v) is 5.35. The zero-order chi connectivity index (χ0) is 12.4. The normalized spacial score (nSPS) is 10.2. The molecule has 0 aliphatic heterocycles. The number of aromatic nitrogens is 2. The Labute approximate surface area is 103 Å². The maximum absolute atomic E-state index is 12.8. The second-order valence-electron chi connectivity index (χ2n) is 3.57. The third kappa shape index (κ3) is 2.15. The van der Waals surface area contributed by atoms with E-state index < -0.39 is 0 Å². The van der Waals surface area contributed by atoms with Crippen LogP contribution in [0.1, 0.15) is 5.69 Å². The highest BCUT2D eigenvalue weighted by atomic mass is 35.5. The molecule has 0 bridgehead atoms. The van der Waals surface area contributed by atoms with Gasteiger partial charge in [-0.1, -0.05) is 11.6 Å². The second-order valence-corrected chi connectivity index (χ2v) is 3.93. The first-order valence-electron chi connectivity index (χ1n) is 4.97. The Bertz CT molecular complexity index is 581. The maximum Gasteiger partial charge on any atom is 0.141 e. The van der Waals surface area contributed by atoms with Gasteiger partial charge in [0, 0.05) is 12.6 Å². The van der Waals surface area contributed by atoms with E-state index in [1.165, 1.54) is 12.1 Å². The molecule has 17 heavy (non-hydrogen) atoms. The Morgan fingerprint density at radius 3 is 2.65 bits per heavy atom. The van der Waals surface area contributed by atoms with Gasteiger partial charge in [0.1, 0.15) is 16.8 Å². The number of imidazole rings is 1. The summed E-state index contributed by atoms with van der Waals surface area (Å²) >= 11 is 6.05. The summed E-state index contributed by atoms with van der Waals surface area (Å²) in [4.78, 5) is 4.29. The second kappa shape index (κ2) is 4.56. The van der Waals surface area contributed by atoms with Gasteiger partial charge in [0.25, 0.3) is 0 Å². The average molecular weight is 250 g/mol. The molecule has 0 fully saturated rings. The molecule has 0 radical (unpaired) electrons. The van der Waals surface area contributed by atoms with E-state index in [2.05, 4.69) is 4.98 Å². The molecule has 0 amide bonds. The molecule has 0 N–H and O–H groups in total. The van der Waals surface area contributed by atoms with E-state index in [0.717, 1.165) is 5.56 Å². The van der Waals surface area contributed by atoms with Crippen molar-refractivity contribution in [3.63, 3.8) is 0 Å². The van der Waals surface area contributed by atoms with Crippen molar-refractivity contribution in [3.05, 3.63) is 40.9 Å². The van der Waals surface area contributed by atoms with Gasteiger partial charge >= 0.3 is 0 Å². The number of halogens is 2. The Kier molecular flexibility index (Phi) is 3.12. The number of rotatable bonds is 2. The third-order valence-electron chi connectivity index (χ3n) is 2.44. The lowest BCUT2D eigenvalue weighted by atomic mass is 10.2. The molecule has 0 aliphatic carbocycles. The van der Waals surface area contributed by atoms with Gasteiger partial charge in [-0.05, 0) is 24.3 Å². The van der Waals surface area contributed by atoms with Crippen LogP contribution < -0.4 is 0 Å². The van der Waals surface area contributed by atoms with Crippen LogP contribution in [0, 0.1) is 17.1 Å². The molecule has 3 nitrogen and oxygen atoms in total. The molecule has 2 rings (SSSR count). The van der Waals surface area contributed by atoms with E-state index in [1.54, 1.807) is 23.7 Å². The fourth-order valence-electron chi connectivity index (χ4n) is 1.58. The van der Waals surface area contributed by atoms with E-state index in [1.807, 2.05) is 6.07 Å². The highest BCUT2D eigenvalue weighted by Crippen LogP contribution is 2.25. The quantitative estimate of drug-likeness (QED) is 0.821. The van der Waals surface area contributed by atoms with Crippen molar-refractivity contribution in [1.82, 2.24) is 9.55 Å². The predicted molar refractivity (Wildman–Crippen MR) is 62.9 cm³/mol. The van der Waals surface area contributed by atoms with Crippen molar-refractivity contribution >= 4 is 11.6 Å². The van der Waals surface area contributed by atoms with Crippen LogP contribution in [0.4, 0.5) is 4.39 Å². The van der Waals surface area contributed by atoms with Crippen LogP contribution in [0.25, 0.3) is 11.4 Å². The van der Waals surface area contributed by atoms with Crippen LogP contribution in [0.2, 0.25) is 5.15 Å². The molecule has 0 saturated heterocycles. The van der Waals surface area contributed by atoms with Crippen molar-refractivity contribution in [2.75, 3.05) is 0 Å². The zero-order valence-corrected chi connectivity index (χ0v) is 9.87. The van der Waals surface area contributed by atoms with Gasteiger partial charge in [-0.2, -0.15) is 5.26 Å². The van der Waals surface area contributed by atoms with Gasteiger partial charge in [0.15, 0.2) is 0 Å². The predicted octanol–water partition coefficient (Wildman–Crippen LogP) is 2.95. The molecule has 1 aromatic heterocycles. The lowest BCUT2D eigenvalue weighted by Crippen LogP contribution is -1.92. The third-order valence-corrected chi connectivity index (χ3v) is 2.91. The SMILES string of the molecule is Cn1c(-c2ccc(F)cc2)nc(CC#N)c1Cl. The molecule has 0 atom stereocenters. The summed E-state index contributed by atoms with van der Waals surface area (Å²) in [6, 6.07) is 7.99. The average Bonchev–Trinajstić information content (AvgIpc) is 2.59. The van der Waals surface area contributed by atoms with Crippen molar-refractivity contribution in [3.8, 4) is 17.5 Å². The first kappa shape index (κ1) is 11.6. The van der Waals surface area contributed by atoms with E-state index in [-0.39, 0.29) is 12.2 Å². The minimum Gasteiger partial charge on any atom is -0.318 e. The number of hydrogen-bond acceptors (Lipinski definition) is 2. The zero-order valence-electron chi connectivity index (χ0n) is 9.11. The molecule has 0 unspecified atom stereocenters. The largest absolute Gasteiger partial charge is 0.318 e. The number of nitrogens with zero attached hydrogens (tertiary/aromatic N) is 3. The molecular weight excluding hydrogens is 241 g/mol.